The van der Waals surface area contributed by atoms with E-state index in [9.17, 15) is 0 Å². The molecule has 0 amide bonds. The van der Waals surface area contributed by atoms with E-state index in [0.29, 0.717) is 29.3 Å². The zero-order valence-corrected chi connectivity index (χ0v) is 35.6. The number of benzene rings is 9. The molecular weight excluding hydrogens is 775 g/mol. The first-order valence-corrected chi connectivity index (χ1v) is 23.3. The summed E-state index contributed by atoms with van der Waals surface area (Å²) < 4.78 is 0. The van der Waals surface area contributed by atoms with Gasteiger partial charge in [-0.25, -0.2) is 15.0 Å². The Morgan fingerprint density at radius 2 is 0.797 bits per heavy atom. The van der Waals surface area contributed by atoms with Crippen molar-refractivity contribution in [3.63, 3.8) is 0 Å². The predicted octanol–water partition coefficient (Wildman–Crippen LogP) is 15.4. The summed E-state index contributed by atoms with van der Waals surface area (Å²) in [7, 11) is 0. The summed E-state index contributed by atoms with van der Waals surface area (Å²) >= 11 is 0. The average Bonchev–Trinajstić information content (AvgIpc) is 3.68. The van der Waals surface area contributed by atoms with Crippen LogP contribution in [0.15, 0.2) is 188 Å². The van der Waals surface area contributed by atoms with Crippen molar-refractivity contribution >= 4 is 32.3 Å². The molecule has 3 heteroatoms. The molecule has 4 bridgehead atoms. The van der Waals surface area contributed by atoms with Gasteiger partial charge in [0.2, 0.25) is 0 Å². The largest absolute Gasteiger partial charge is 0.208 e. The summed E-state index contributed by atoms with van der Waals surface area (Å²) in [6.07, 6.45) is 6.83. The maximum atomic E-state index is 5.31. The Kier molecular flexibility index (Phi) is 7.87. The monoisotopic (exact) mass is 819 g/mol. The van der Waals surface area contributed by atoms with E-state index in [-0.39, 0.29) is 5.41 Å². The van der Waals surface area contributed by atoms with E-state index in [1.165, 1.54) is 86.7 Å². The molecular formula is C61H45N3. The standard InChI is InChI=1S/C61H45N3/c1-3-11-39(12-4-1)41-19-23-44(24-20-41)58-62-59(45-25-21-42(22-26-45)40-13-5-2-6-14-40)64-60(63-58)46-27-29-52-53(36-46)50-17-9-10-18-51(50)56-55-49-16-8-7-15-43(49)28-30-54(55)61(57(52)56)47-32-37-31-38(34-47)35-48(61)33-37/h1-30,36-38,47-48H,31-35H2. The lowest BCUT2D eigenvalue weighted by molar-refractivity contribution is -0.0393. The van der Waals surface area contributed by atoms with Gasteiger partial charge in [-0.05, 0) is 139 Å². The molecule has 304 valence electrons. The van der Waals surface area contributed by atoms with Crippen molar-refractivity contribution in [2.24, 2.45) is 23.7 Å². The molecule has 1 heterocycles. The maximum Gasteiger partial charge on any atom is 0.164 e. The van der Waals surface area contributed by atoms with Crippen LogP contribution in [0.4, 0.5) is 0 Å². The van der Waals surface area contributed by atoms with E-state index in [1.54, 1.807) is 11.1 Å². The van der Waals surface area contributed by atoms with Crippen LogP contribution in [0.1, 0.15) is 43.2 Å². The number of hydrogen-bond acceptors (Lipinski definition) is 3. The van der Waals surface area contributed by atoms with Crippen molar-refractivity contribution in [3.8, 4) is 67.5 Å². The molecule has 4 saturated carbocycles. The Balaban J connectivity index is 0.985. The van der Waals surface area contributed by atoms with Crippen molar-refractivity contribution in [3.05, 3.63) is 199 Å². The fourth-order valence-corrected chi connectivity index (χ4v) is 13.5. The van der Waals surface area contributed by atoms with Crippen LogP contribution in [0.3, 0.4) is 0 Å². The van der Waals surface area contributed by atoms with Crippen LogP contribution in [-0.2, 0) is 5.41 Å². The molecule has 0 saturated heterocycles. The highest BCUT2D eigenvalue weighted by Gasteiger charge is 2.62. The highest BCUT2D eigenvalue weighted by atomic mass is 15.0. The summed E-state index contributed by atoms with van der Waals surface area (Å²) in [6.45, 7) is 0. The number of nitrogens with zero attached hydrogens (tertiary/aromatic N) is 3. The van der Waals surface area contributed by atoms with E-state index in [1.807, 2.05) is 0 Å². The molecule has 4 fully saturated rings. The molecule has 5 aliphatic carbocycles. The first-order chi connectivity index (χ1) is 31.7. The minimum atomic E-state index is 0.0112. The van der Waals surface area contributed by atoms with Crippen LogP contribution >= 0.6 is 0 Å². The van der Waals surface area contributed by atoms with Crippen LogP contribution in [0, 0.1) is 23.7 Å². The Bertz CT molecular complexity index is 3350. The normalized spacial score (nSPS) is 21.5. The molecule has 5 aliphatic rings. The van der Waals surface area contributed by atoms with Gasteiger partial charge in [0.15, 0.2) is 17.5 Å². The number of aromatic nitrogens is 3. The van der Waals surface area contributed by atoms with Gasteiger partial charge in [-0.3, -0.25) is 0 Å². The molecule has 64 heavy (non-hydrogen) atoms. The van der Waals surface area contributed by atoms with Gasteiger partial charge in [-0.1, -0.05) is 182 Å². The van der Waals surface area contributed by atoms with Crippen LogP contribution < -0.4 is 0 Å². The van der Waals surface area contributed by atoms with Crippen LogP contribution in [-0.4, -0.2) is 15.0 Å². The van der Waals surface area contributed by atoms with Gasteiger partial charge < -0.3 is 0 Å². The third kappa shape index (κ3) is 5.31. The average molecular weight is 820 g/mol. The fraction of sp³-hybridized carbons (Fsp3) is 0.164. The van der Waals surface area contributed by atoms with Gasteiger partial charge in [0, 0.05) is 22.1 Å². The second kappa shape index (κ2) is 13.9. The summed E-state index contributed by atoms with van der Waals surface area (Å²) in [6, 6.07) is 68.8. The van der Waals surface area contributed by atoms with Crippen molar-refractivity contribution in [1.82, 2.24) is 15.0 Å². The number of hydrogen-bond donors (Lipinski definition) is 0. The van der Waals surface area contributed by atoms with Crippen molar-refractivity contribution in [1.29, 1.82) is 0 Å². The SMILES string of the molecule is c1ccc(-c2ccc(-c3nc(-c4ccc(-c5ccccc5)cc4)nc(-c4ccc5c6c(c7ccccc7c5c4)-c4c(ccc5ccccc45)C64C5CC6CC(C5)CC4C6)n3)cc2)cc1. The fourth-order valence-electron chi connectivity index (χ4n) is 13.5. The summed E-state index contributed by atoms with van der Waals surface area (Å²) in [4.78, 5) is 15.8. The molecule has 15 rings (SSSR count). The lowest BCUT2D eigenvalue weighted by Gasteiger charge is -2.61. The van der Waals surface area contributed by atoms with Gasteiger partial charge in [0.05, 0.1) is 0 Å². The van der Waals surface area contributed by atoms with Crippen LogP contribution in [0.25, 0.3) is 99.9 Å². The summed E-state index contributed by atoms with van der Waals surface area (Å²) in [5, 5.41) is 8.07. The molecule has 3 nitrogen and oxygen atoms in total. The van der Waals surface area contributed by atoms with Gasteiger partial charge in [-0.2, -0.15) is 0 Å². The van der Waals surface area contributed by atoms with E-state index in [0.717, 1.165) is 39.7 Å². The first-order valence-electron chi connectivity index (χ1n) is 23.3. The van der Waals surface area contributed by atoms with E-state index < -0.39 is 0 Å². The Labute approximate surface area is 373 Å². The Hall–Kier alpha value is -7.23. The smallest absolute Gasteiger partial charge is 0.164 e. The van der Waals surface area contributed by atoms with Gasteiger partial charge >= 0.3 is 0 Å². The highest BCUT2D eigenvalue weighted by molar-refractivity contribution is 6.22. The summed E-state index contributed by atoms with van der Waals surface area (Å²) in [5.41, 5.74) is 13.8. The second-order valence-electron chi connectivity index (χ2n) is 19.1. The zero-order chi connectivity index (χ0) is 41.9. The third-order valence-corrected chi connectivity index (χ3v) is 15.9. The molecule has 9 aromatic carbocycles. The molecule has 0 radical (unpaired) electrons. The third-order valence-electron chi connectivity index (χ3n) is 15.9. The quantitative estimate of drug-likeness (QED) is 0.162. The summed E-state index contributed by atoms with van der Waals surface area (Å²) in [5.74, 6) is 5.07. The molecule has 1 spiro atoms. The molecule has 10 aromatic rings. The van der Waals surface area contributed by atoms with E-state index in [2.05, 4.69) is 188 Å². The van der Waals surface area contributed by atoms with Crippen molar-refractivity contribution in [2.45, 2.75) is 37.5 Å². The Morgan fingerprint density at radius 3 is 1.39 bits per heavy atom. The van der Waals surface area contributed by atoms with E-state index >= 15 is 0 Å². The minimum absolute atomic E-state index is 0.0112. The highest BCUT2D eigenvalue weighted by Crippen LogP contribution is 2.71. The predicted molar refractivity (Wildman–Crippen MR) is 263 cm³/mol. The van der Waals surface area contributed by atoms with Crippen molar-refractivity contribution < 1.29 is 0 Å². The van der Waals surface area contributed by atoms with Crippen LogP contribution in [0.2, 0.25) is 0 Å². The van der Waals surface area contributed by atoms with Crippen LogP contribution in [0.5, 0.6) is 0 Å². The lowest BCUT2D eigenvalue weighted by atomic mass is 9.43. The topological polar surface area (TPSA) is 38.7 Å². The molecule has 0 N–H and O–H groups in total. The molecule has 1 aromatic heterocycles. The van der Waals surface area contributed by atoms with Gasteiger partial charge in [0.25, 0.3) is 0 Å². The Morgan fingerprint density at radius 1 is 0.328 bits per heavy atom. The maximum absolute atomic E-state index is 5.31. The zero-order valence-electron chi connectivity index (χ0n) is 35.6. The minimum Gasteiger partial charge on any atom is -0.208 e. The number of fused-ring (bicyclic) bond motifs is 10. The molecule has 0 unspecified atom stereocenters. The second-order valence-corrected chi connectivity index (χ2v) is 19.1. The lowest BCUT2D eigenvalue weighted by Crippen LogP contribution is -2.55. The molecule has 0 aliphatic heterocycles. The molecule has 0 atom stereocenters. The van der Waals surface area contributed by atoms with E-state index in [4.69, 9.17) is 15.0 Å². The van der Waals surface area contributed by atoms with Gasteiger partial charge in [-0.15, -0.1) is 0 Å². The van der Waals surface area contributed by atoms with Crippen molar-refractivity contribution in [2.75, 3.05) is 0 Å². The number of rotatable bonds is 5. The first kappa shape index (κ1) is 36.3. The van der Waals surface area contributed by atoms with Gasteiger partial charge in [0.1, 0.15) is 0 Å².